The van der Waals surface area contributed by atoms with E-state index in [1.54, 1.807) is 0 Å². The molecule has 0 radical (unpaired) electrons. The van der Waals surface area contributed by atoms with Gasteiger partial charge < -0.3 is 0 Å². The number of nitrogens with zero attached hydrogens (tertiary/aromatic N) is 1. The van der Waals surface area contributed by atoms with E-state index in [1.807, 2.05) is 12.1 Å². The first-order chi connectivity index (χ1) is 5.68. The van der Waals surface area contributed by atoms with Crippen molar-refractivity contribution in [2.75, 3.05) is 0 Å². The molecule has 0 N–H and O–H groups in total. The van der Waals surface area contributed by atoms with Gasteiger partial charge in [0.15, 0.2) is 0 Å². The van der Waals surface area contributed by atoms with Crippen LogP contribution in [-0.4, -0.2) is 0 Å². The molecule has 0 bridgehead atoms. The van der Waals surface area contributed by atoms with E-state index in [-0.39, 0.29) is 0 Å². The van der Waals surface area contributed by atoms with Gasteiger partial charge in [0.1, 0.15) is 0 Å². The van der Waals surface area contributed by atoms with Crippen molar-refractivity contribution < 1.29 is 0 Å². The van der Waals surface area contributed by atoms with E-state index in [4.69, 9.17) is 22.3 Å². The van der Waals surface area contributed by atoms with Crippen LogP contribution in [-0.2, 0) is 8.94 Å². The van der Waals surface area contributed by atoms with Crippen molar-refractivity contribution in [2.45, 2.75) is 4.90 Å². The van der Waals surface area contributed by atoms with Crippen LogP contribution in [0.2, 0.25) is 5.02 Å². The highest BCUT2D eigenvalue weighted by Gasteiger charge is 2.17. The Hall–Kier alpha value is 0.780. The van der Waals surface area contributed by atoms with Crippen molar-refractivity contribution in [1.29, 1.82) is 0 Å². The number of fused-ring (bicyclic) bond motifs is 1. The van der Waals surface area contributed by atoms with Crippen LogP contribution < -0.4 is 0 Å². The molecule has 1 nitrogen and oxygen atoms in total. The van der Waals surface area contributed by atoms with E-state index in [1.165, 1.54) is 10.8 Å². The van der Waals surface area contributed by atoms with Gasteiger partial charge in [0.2, 0.25) is 0 Å². The second kappa shape index (κ2) is 3.50. The minimum absolute atomic E-state index is 0.463. The van der Waals surface area contributed by atoms with Crippen molar-refractivity contribution >= 4 is 63.6 Å². The summed E-state index contributed by atoms with van der Waals surface area (Å²) in [5.41, 5.74) is 0.926. The third-order valence-electron chi connectivity index (χ3n) is 1.35. The number of rotatable bonds is 0. The Kier molecular flexibility index (Phi) is 2.72. The molecule has 1 aromatic rings. The van der Waals surface area contributed by atoms with Gasteiger partial charge in [0.25, 0.3) is 0 Å². The van der Waals surface area contributed by atoms with E-state index >= 15 is 0 Å². The lowest BCUT2D eigenvalue weighted by atomic mass is 10.3. The highest BCUT2D eigenvalue weighted by atomic mass is 79.9. The third kappa shape index (κ3) is 1.55. The molecule has 0 amide bonds. The third-order valence-corrected chi connectivity index (χ3v) is 5.95. The van der Waals surface area contributed by atoms with Gasteiger partial charge in [0, 0.05) is 0 Å². The Morgan fingerprint density at radius 1 is 1.50 bits per heavy atom. The zero-order valence-corrected chi connectivity index (χ0v) is 10.3. The minimum Gasteiger partial charge on any atom is -0.200 e. The number of benzene rings is 1. The number of hydrogen-bond acceptors (Lipinski definition) is 2. The van der Waals surface area contributed by atoms with Crippen molar-refractivity contribution in [3.63, 3.8) is 0 Å². The summed E-state index contributed by atoms with van der Waals surface area (Å²) in [6.07, 6.45) is 0. The van der Waals surface area contributed by atoms with Gasteiger partial charge in [-0.25, -0.2) is 4.36 Å². The molecule has 0 spiro atoms. The molecule has 1 aliphatic heterocycles. The molecular formula is C6H2BrCl2NS2. The van der Waals surface area contributed by atoms with Gasteiger partial charge in [-0.15, -0.1) is 0 Å². The maximum atomic E-state index is 5.90. The molecule has 0 aliphatic carbocycles. The van der Waals surface area contributed by atoms with Crippen LogP contribution in [0.3, 0.4) is 0 Å². The summed E-state index contributed by atoms with van der Waals surface area (Å²) < 4.78 is 5.12. The van der Waals surface area contributed by atoms with E-state index < -0.39 is 8.94 Å². The van der Waals surface area contributed by atoms with Crippen molar-refractivity contribution in [3.05, 3.63) is 21.6 Å². The van der Waals surface area contributed by atoms with E-state index in [9.17, 15) is 0 Å². The molecule has 6 heteroatoms. The summed E-state index contributed by atoms with van der Waals surface area (Å²) in [5, 5.41) is 0.701. The van der Waals surface area contributed by atoms with Crippen LogP contribution in [0.15, 0.2) is 25.9 Å². The van der Waals surface area contributed by atoms with Gasteiger partial charge in [-0.1, -0.05) is 11.6 Å². The summed E-state index contributed by atoms with van der Waals surface area (Å²) in [6.45, 7) is 0. The van der Waals surface area contributed by atoms with E-state index in [2.05, 4.69) is 20.3 Å². The Balaban J connectivity index is 2.61. The van der Waals surface area contributed by atoms with Gasteiger partial charge in [-0.3, -0.25) is 0 Å². The maximum Gasteiger partial charge on any atom is 0.0884 e. The molecule has 64 valence electrons. The first kappa shape index (κ1) is 9.34. The topological polar surface area (TPSA) is 12.4 Å². The molecule has 2 rings (SSSR count). The van der Waals surface area contributed by atoms with Crippen LogP contribution in [0.25, 0.3) is 0 Å². The van der Waals surface area contributed by atoms with E-state index in [0.29, 0.717) is 5.02 Å². The normalized spacial score (nSPS) is 20.4. The van der Waals surface area contributed by atoms with Crippen LogP contribution in [0.4, 0.5) is 5.69 Å². The summed E-state index contributed by atoms with van der Waals surface area (Å²) in [5.74, 6) is 0. The highest BCUT2D eigenvalue weighted by molar-refractivity contribution is 9.10. The second-order valence-electron chi connectivity index (χ2n) is 2.09. The quantitative estimate of drug-likeness (QED) is 0.632. The van der Waals surface area contributed by atoms with Crippen molar-refractivity contribution in [1.82, 2.24) is 0 Å². The molecule has 0 fully saturated rings. The first-order valence-corrected chi connectivity index (χ1v) is 7.48. The summed E-state index contributed by atoms with van der Waals surface area (Å²) >= 11 is 9.29. The summed E-state index contributed by atoms with van der Waals surface area (Å²) in [6, 6.07) is 3.69. The smallest absolute Gasteiger partial charge is 0.0884 e. The summed E-state index contributed by atoms with van der Waals surface area (Å²) in [4.78, 5) is 1.04. The van der Waals surface area contributed by atoms with Gasteiger partial charge in [-0.05, 0) is 49.5 Å². The highest BCUT2D eigenvalue weighted by Crippen LogP contribution is 2.48. The molecule has 1 aliphatic rings. The zero-order chi connectivity index (χ0) is 8.72. The van der Waals surface area contributed by atoms with Crippen LogP contribution >= 0.6 is 49.0 Å². The fourth-order valence-electron chi connectivity index (χ4n) is 0.838. The largest absolute Gasteiger partial charge is 0.200 e. The standard InChI is InChI=1S/C6H2BrCl2NS2/c7-5-3(8)1-2-4-6(5)11-12(9)10-4/h1-2H. The number of hydrogen-bond donors (Lipinski definition) is 0. The lowest BCUT2D eigenvalue weighted by molar-refractivity contribution is 1.38. The molecule has 0 saturated carbocycles. The maximum absolute atomic E-state index is 5.90. The monoisotopic (exact) mass is 301 g/mol. The predicted molar refractivity (Wildman–Crippen MR) is 60.3 cm³/mol. The average Bonchev–Trinajstić information content (AvgIpc) is 2.39. The molecule has 0 aromatic heterocycles. The number of halogens is 3. The average molecular weight is 303 g/mol. The predicted octanol–water partition coefficient (Wildman–Crippen LogP) is 4.71. The summed E-state index contributed by atoms with van der Waals surface area (Å²) in [7, 11) is 6.93. The Bertz CT molecular complexity index is 380. The molecule has 0 saturated heterocycles. The molecular weight excluding hydrogens is 301 g/mol. The van der Waals surface area contributed by atoms with Crippen LogP contribution in [0.1, 0.15) is 0 Å². The Morgan fingerprint density at radius 3 is 3.00 bits per heavy atom. The van der Waals surface area contributed by atoms with Crippen molar-refractivity contribution in [3.8, 4) is 0 Å². The minimum atomic E-state index is -0.463. The lowest BCUT2D eigenvalue weighted by Crippen LogP contribution is -1.72. The first-order valence-electron chi connectivity index (χ1n) is 2.97. The van der Waals surface area contributed by atoms with E-state index in [0.717, 1.165) is 15.1 Å². The molecule has 12 heavy (non-hydrogen) atoms. The zero-order valence-electron chi connectivity index (χ0n) is 5.55. The molecule has 1 atom stereocenters. The second-order valence-corrected chi connectivity index (χ2v) is 7.33. The van der Waals surface area contributed by atoms with Crippen molar-refractivity contribution in [2.24, 2.45) is 4.36 Å². The lowest BCUT2D eigenvalue weighted by Gasteiger charge is -2.00. The Labute approximate surface area is 94.0 Å². The molecule has 1 heterocycles. The fraction of sp³-hybridized carbons (Fsp3) is 0. The fourth-order valence-corrected chi connectivity index (χ4v) is 4.93. The van der Waals surface area contributed by atoms with Crippen LogP contribution in [0, 0.1) is 0 Å². The van der Waals surface area contributed by atoms with Crippen LogP contribution in [0.5, 0.6) is 0 Å². The Morgan fingerprint density at radius 2 is 2.25 bits per heavy atom. The molecule has 1 aromatic carbocycles. The SMILES string of the molecule is Clc1ccc2c(c1Br)SS(Cl)=N2. The van der Waals surface area contributed by atoms with Gasteiger partial charge in [0.05, 0.1) is 29.0 Å². The van der Waals surface area contributed by atoms with Gasteiger partial charge in [-0.2, -0.15) is 0 Å². The molecule has 1 unspecified atom stereocenters. The van der Waals surface area contributed by atoms with Gasteiger partial charge >= 0.3 is 0 Å².